The number of hydrogen-bond donors (Lipinski definition) is 1. The van der Waals surface area contributed by atoms with Gasteiger partial charge in [-0.15, -0.1) is 5.10 Å². The maximum atomic E-state index is 5.23. The number of tetrazole rings is 1. The van der Waals surface area contributed by atoms with Gasteiger partial charge in [-0.1, -0.05) is 42.5 Å². The first-order chi connectivity index (χ1) is 11.4. The van der Waals surface area contributed by atoms with Crippen molar-refractivity contribution in [1.82, 2.24) is 25.5 Å². The van der Waals surface area contributed by atoms with Crippen LogP contribution >= 0.6 is 0 Å². The van der Waals surface area contributed by atoms with Gasteiger partial charge in [0, 0.05) is 13.7 Å². The molecule has 3 rings (SSSR count). The number of ether oxygens (including phenoxy) is 1. The number of nitrogens with zero attached hydrogens (tertiary/aromatic N) is 4. The fraction of sp³-hybridized carbons (Fsp3) is 0.235. The molecular formula is C17H19N5O. The molecule has 0 radical (unpaired) electrons. The summed E-state index contributed by atoms with van der Waals surface area (Å²) < 4.78 is 6.98. The van der Waals surface area contributed by atoms with Crippen LogP contribution in [0.15, 0.2) is 54.6 Å². The summed E-state index contributed by atoms with van der Waals surface area (Å²) in [6, 6.07) is 18.1. The van der Waals surface area contributed by atoms with Crippen molar-refractivity contribution in [2.45, 2.75) is 19.7 Å². The van der Waals surface area contributed by atoms with Gasteiger partial charge in [-0.05, 0) is 33.7 Å². The largest absolute Gasteiger partial charge is 0.380 e. The molecular weight excluding hydrogens is 290 g/mol. The number of benzene rings is 2. The fourth-order valence-corrected chi connectivity index (χ4v) is 2.42. The molecule has 0 fully saturated rings. The molecule has 0 saturated carbocycles. The van der Waals surface area contributed by atoms with Crippen LogP contribution in [-0.4, -0.2) is 27.3 Å². The van der Waals surface area contributed by atoms with E-state index in [0.29, 0.717) is 13.2 Å². The topological polar surface area (TPSA) is 64.9 Å². The van der Waals surface area contributed by atoms with Gasteiger partial charge in [0.2, 0.25) is 0 Å². The van der Waals surface area contributed by atoms with E-state index in [1.165, 1.54) is 11.1 Å². The molecule has 1 aromatic heterocycles. The highest BCUT2D eigenvalue weighted by Crippen LogP contribution is 2.10. The third kappa shape index (κ3) is 3.80. The van der Waals surface area contributed by atoms with Crippen LogP contribution in [0.1, 0.15) is 17.0 Å². The maximum Gasteiger partial charge on any atom is 0.170 e. The Morgan fingerprint density at radius 2 is 1.70 bits per heavy atom. The van der Waals surface area contributed by atoms with E-state index in [1.807, 2.05) is 42.5 Å². The third-order valence-electron chi connectivity index (χ3n) is 3.55. The first kappa shape index (κ1) is 15.3. The molecule has 0 spiro atoms. The van der Waals surface area contributed by atoms with Gasteiger partial charge in [-0.3, -0.25) is 0 Å². The van der Waals surface area contributed by atoms with Crippen LogP contribution in [0.4, 0.5) is 0 Å². The van der Waals surface area contributed by atoms with Crippen molar-refractivity contribution >= 4 is 0 Å². The second-order valence-corrected chi connectivity index (χ2v) is 5.15. The molecule has 23 heavy (non-hydrogen) atoms. The van der Waals surface area contributed by atoms with E-state index in [2.05, 4.69) is 33.0 Å². The molecule has 1 heterocycles. The van der Waals surface area contributed by atoms with Gasteiger partial charge in [-0.2, -0.15) is 4.68 Å². The van der Waals surface area contributed by atoms with Crippen LogP contribution in [0.3, 0.4) is 0 Å². The molecule has 0 aliphatic carbocycles. The van der Waals surface area contributed by atoms with Gasteiger partial charge in [0.05, 0.1) is 18.8 Å². The van der Waals surface area contributed by atoms with Crippen LogP contribution in [0.25, 0.3) is 5.69 Å². The lowest BCUT2D eigenvalue weighted by Crippen LogP contribution is -2.17. The summed E-state index contributed by atoms with van der Waals surface area (Å²) in [4.78, 5) is 0. The third-order valence-corrected chi connectivity index (χ3v) is 3.55. The highest BCUT2D eigenvalue weighted by atomic mass is 16.5. The molecule has 0 aliphatic rings. The van der Waals surface area contributed by atoms with Gasteiger partial charge >= 0.3 is 0 Å². The van der Waals surface area contributed by atoms with Crippen LogP contribution in [-0.2, 0) is 24.4 Å². The van der Waals surface area contributed by atoms with E-state index in [1.54, 1.807) is 11.8 Å². The van der Waals surface area contributed by atoms with Crippen molar-refractivity contribution in [2.75, 3.05) is 7.11 Å². The Labute approximate surface area is 135 Å². The van der Waals surface area contributed by atoms with Crippen LogP contribution in [0, 0.1) is 0 Å². The fourth-order valence-electron chi connectivity index (χ4n) is 2.42. The second kappa shape index (κ2) is 7.62. The van der Waals surface area contributed by atoms with Gasteiger partial charge in [-0.25, -0.2) is 0 Å². The van der Waals surface area contributed by atoms with Crippen molar-refractivity contribution in [3.05, 3.63) is 71.5 Å². The lowest BCUT2D eigenvalue weighted by atomic mass is 10.1. The first-order valence-electron chi connectivity index (χ1n) is 7.47. The average molecular weight is 309 g/mol. The highest BCUT2D eigenvalue weighted by molar-refractivity contribution is 5.30. The summed E-state index contributed by atoms with van der Waals surface area (Å²) in [5.41, 5.74) is 3.35. The number of hydrogen-bond acceptors (Lipinski definition) is 5. The molecule has 6 heteroatoms. The van der Waals surface area contributed by atoms with Crippen LogP contribution < -0.4 is 5.32 Å². The van der Waals surface area contributed by atoms with Crippen molar-refractivity contribution in [1.29, 1.82) is 0 Å². The average Bonchev–Trinajstić information content (AvgIpc) is 3.06. The lowest BCUT2D eigenvalue weighted by molar-refractivity contribution is 0.184. The molecule has 0 bridgehead atoms. The molecule has 2 aromatic carbocycles. The minimum atomic E-state index is 0.587. The Morgan fingerprint density at radius 3 is 2.48 bits per heavy atom. The normalized spacial score (nSPS) is 10.8. The number of para-hydroxylation sites is 1. The van der Waals surface area contributed by atoms with Crippen LogP contribution in [0.2, 0.25) is 0 Å². The maximum absolute atomic E-state index is 5.23. The molecule has 3 aromatic rings. The van der Waals surface area contributed by atoms with Gasteiger partial charge in [0.25, 0.3) is 0 Å². The van der Waals surface area contributed by atoms with E-state index in [4.69, 9.17) is 4.74 Å². The van der Waals surface area contributed by atoms with Gasteiger partial charge < -0.3 is 10.1 Å². The van der Waals surface area contributed by atoms with E-state index < -0.39 is 0 Å². The first-order valence-corrected chi connectivity index (χ1v) is 7.47. The summed E-state index contributed by atoms with van der Waals surface area (Å²) in [5, 5.41) is 15.3. The van der Waals surface area contributed by atoms with E-state index in [0.717, 1.165) is 18.1 Å². The molecule has 0 saturated heterocycles. The predicted octanol–water partition coefficient (Wildman–Crippen LogP) is 2.10. The minimum absolute atomic E-state index is 0.587. The smallest absolute Gasteiger partial charge is 0.170 e. The summed E-state index contributed by atoms with van der Waals surface area (Å²) >= 11 is 0. The monoisotopic (exact) mass is 309 g/mol. The standard InChI is InChI=1S/C17H19N5O/c1-23-13-15-8-6-5-7-14(15)11-18-12-17-19-20-21-22(17)16-9-3-2-4-10-16/h2-10,18H,11-13H2,1H3. The van der Waals surface area contributed by atoms with Crippen molar-refractivity contribution < 1.29 is 4.74 Å². The van der Waals surface area contributed by atoms with E-state index in [9.17, 15) is 0 Å². The Morgan fingerprint density at radius 1 is 0.957 bits per heavy atom. The zero-order valence-electron chi connectivity index (χ0n) is 13.0. The number of nitrogens with one attached hydrogen (secondary N) is 1. The molecule has 0 atom stereocenters. The van der Waals surface area contributed by atoms with Gasteiger partial charge in [0.15, 0.2) is 5.82 Å². The number of aromatic nitrogens is 4. The number of methoxy groups -OCH3 is 1. The van der Waals surface area contributed by atoms with Gasteiger partial charge in [0.1, 0.15) is 0 Å². The van der Waals surface area contributed by atoms with Crippen molar-refractivity contribution in [3.8, 4) is 5.69 Å². The molecule has 0 amide bonds. The second-order valence-electron chi connectivity index (χ2n) is 5.15. The summed E-state index contributed by atoms with van der Waals surface area (Å²) in [6.45, 7) is 1.93. The van der Waals surface area contributed by atoms with E-state index in [-0.39, 0.29) is 0 Å². The summed E-state index contributed by atoms with van der Waals surface area (Å²) in [7, 11) is 1.71. The van der Waals surface area contributed by atoms with Crippen molar-refractivity contribution in [2.24, 2.45) is 0 Å². The Bertz CT molecular complexity index is 742. The molecule has 6 nitrogen and oxygen atoms in total. The highest BCUT2D eigenvalue weighted by Gasteiger charge is 2.08. The predicted molar refractivity (Wildman–Crippen MR) is 86.9 cm³/mol. The summed E-state index contributed by atoms with van der Waals surface area (Å²) in [6.07, 6.45) is 0. The number of rotatable bonds is 7. The summed E-state index contributed by atoms with van der Waals surface area (Å²) in [5.74, 6) is 0.778. The zero-order chi connectivity index (χ0) is 15.9. The van der Waals surface area contributed by atoms with Crippen LogP contribution in [0.5, 0.6) is 0 Å². The van der Waals surface area contributed by atoms with Crippen molar-refractivity contribution in [3.63, 3.8) is 0 Å². The molecule has 0 aliphatic heterocycles. The minimum Gasteiger partial charge on any atom is -0.380 e. The Kier molecular flexibility index (Phi) is 5.08. The quantitative estimate of drug-likeness (QED) is 0.724. The molecule has 0 unspecified atom stereocenters. The van der Waals surface area contributed by atoms with E-state index >= 15 is 0 Å². The Hall–Kier alpha value is -2.57. The SMILES string of the molecule is COCc1ccccc1CNCc1nnnn1-c1ccccc1. The Balaban J connectivity index is 1.65. The molecule has 118 valence electrons. The zero-order valence-corrected chi connectivity index (χ0v) is 13.0. The lowest BCUT2D eigenvalue weighted by Gasteiger charge is -2.10. The molecule has 1 N–H and O–H groups in total.